The Kier molecular flexibility index (Phi) is 6.62. The van der Waals surface area contributed by atoms with Gasteiger partial charge in [0.25, 0.3) is 5.91 Å². The molecule has 2 aliphatic heterocycles. The zero-order chi connectivity index (χ0) is 24.6. The number of rotatable bonds is 8. The van der Waals surface area contributed by atoms with Gasteiger partial charge >= 0.3 is 5.97 Å². The van der Waals surface area contributed by atoms with Gasteiger partial charge in [-0.1, -0.05) is 17.3 Å². The first-order valence-electron chi connectivity index (χ1n) is 10.8. The SMILES string of the molecule is CC(C)n1cc(CCC2=C(C(=O)O)N3C(=O)[C@@H](NC(=O)[C@H](N)c4ccc(O)cc4)[C@H]3SC2)nn1. The Morgan fingerprint density at radius 1 is 1.26 bits per heavy atom. The third kappa shape index (κ3) is 4.50. The standard InChI is InChI=1S/C22H26N6O5S/c1-11(2)27-9-14(25-26-27)6-3-13-10-34-21-17(20(31)28(21)18(13)22(32)33)24-19(30)16(23)12-4-7-15(29)8-5-12/h4-5,7-9,11,16-17,21,29H,3,6,10,23H2,1-2H3,(H,24,30)(H,32,33)/t16-,17-,21-/m1/s1. The number of phenolic OH excluding ortho intramolecular Hbond substituents is 1. The predicted molar refractivity (Wildman–Crippen MR) is 123 cm³/mol. The van der Waals surface area contributed by atoms with Crippen LogP contribution in [0.2, 0.25) is 0 Å². The molecule has 2 aromatic rings. The van der Waals surface area contributed by atoms with Gasteiger partial charge in [-0.15, -0.1) is 16.9 Å². The normalized spacial score (nSPS) is 20.7. The van der Waals surface area contributed by atoms with Crippen LogP contribution in [0.4, 0.5) is 0 Å². The number of carboxylic acids is 1. The minimum absolute atomic E-state index is 0.0293. The molecule has 3 atom stereocenters. The van der Waals surface area contributed by atoms with E-state index in [0.29, 0.717) is 29.7 Å². The van der Waals surface area contributed by atoms with Crippen molar-refractivity contribution in [1.82, 2.24) is 25.2 Å². The molecule has 5 N–H and O–H groups in total. The maximum atomic E-state index is 12.8. The van der Waals surface area contributed by atoms with E-state index in [-0.39, 0.29) is 17.5 Å². The van der Waals surface area contributed by atoms with E-state index in [4.69, 9.17) is 5.73 Å². The number of aryl methyl sites for hydroxylation is 1. The number of hydrogen-bond donors (Lipinski definition) is 4. The number of amides is 2. The number of nitrogens with one attached hydrogen (secondary N) is 1. The van der Waals surface area contributed by atoms with Crippen molar-refractivity contribution in [3.05, 3.63) is 53.0 Å². The van der Waals surface area contributed by atoms with Crippen LogP contribution in [-0.4, -0.2) is 65.1 Å². The third-order valence-electron chi connectivity index (χ3n) is 5.85. The van der Waals surface area contributed by atoms with Crippen molar-refractivity contribution < 1.29 is 24.6 Å². The number of thioether (sulfide) groups is 1. The zero-order valence-electron chi connectivity index (χ0n) is 18.7. The average Bonchev–Trinajstić information content (AvgIpc) is 3.29. The van der Waals surface area contributed by atoms with Crippen LogP contribution in [0, 0.1) is 0 Å². The fraction of sp³-hybridized carbons (Fsp3) is 0.409. The van der Waals surface area contributed by atoms with Gasteiger partial charge in [0.1, 0.15) is 28.9 Å². The topological polar surface area (TPSA) is 164 Å². The Morgan fingerprint density at radius 3 is 2.59 bits per heavy atom. The number of carbonyl (C=O) groups is 3. The molecule has 0 unspecified atom stereocenters. The zero-order valence-corrected chi connectivity index (χ0v) is 19.5. The summed E-state index contributed by atoms with van der Waals surface area (Å²) in [5.74, 6) is -1.74. The highest BCUT2D eigenvalue weighted by Gasteiger charge is 2.54. The number of fused-ring (bicyclic) bond motifs is 1. The second-order valence-corrected chi connectivity index (χ2v) is 9.61. The Hall–Kier alpha value is -3.38. The highest BCUT2D eigenvalue weighted by Crippen LogP contribution is 2.41. The van der Waals surface area contributed by atoms with E-state index in [0.717, 1.165) is 5.69 Å². The molecule has 1 saturated heterocycles. The molecule has 0 spiro atoms. The second kappa shape index (κ2) is 9.47. The van der Waals surface area contributed by atoms with Crippen LogP contribution in [0.25, 0.3) is 0 Å². The smallest absolute Gasteiger partial charge is 0.352 e. The molecule has 1 aromatic heterocycles. The number of carbonyl (C=O) groups excluding carboxylic acids is 2. The molecule has 11 nitrogen and oxygen atoms in total. The molecule has 1 aromatic carbocycles. The van der Waals surface area contributed by atoms with Gasteiger partial charge in [0.05, 0.1) is 5.69 Å². The van der Waals surface area contributed by atoms with Gasteiger partial charge in [-0.25, -0.2) is 9.48 Å². The van der Waals surface area contributed by atoms with Crippen LogP contribution < -0.4 is 11.1 Å². The molecule has 1 fully saturated rings. The van der Waals surface area contributed by atoms with E-state index in [1.807, 2.05) is 20.0 Å². The van der Waals surface area contributed by atoms with E-state index in [1.54, 1.807) is 4.68 Å². The minimum atomic E-state index is -1.18. The fourth-order valence-corrected chi connectivity index (χ4v) is 5.30. The monoisotopic (exact) mass is 486 g/mol. The van der Waals surface area contributed by atoms with Crippen LogP contribution in [0.1, 0.15) is 43.6 Å². The summed E-state index contributed by atoms with van der Waals surface area (Å²) in [5.41, 5.74) is 7.85. The quantitative estimate of drug-likeness (QED) is 0.397. The van der Waals surface area contributed by atoms with Crippen LogP contribution in [0.15, 0.2) is 41.7 Å². The number of carboxylic acid groups (broad SMARTS) is 1. The molecule has 3 heterocycles. The van der Waals surface area contributed by atoms with E-state index in [9.17, 15) is 24.6 Å². The fourth-order valence-electron chi connectivity index (χ4n) is 3.91. The number of hydrogen-bond acceptors (Lipinski definition) is 8. The van der Waals surface area contributed by atoms with Gasteiger partial charge in [0, 0.05) is 18.0 Å². The summed E-state index contributed by atoms with van der Waals surface area (Å²) >= 11 is 1.40. The molecule has 0 aliphatic carbocycles. The van der Waals surface area contributed by atoms with Gasteiger partial charge in [-0.05, 0) is 50.0 Å². The highest BCUT2D eigenvalue weighted by molar-refractivity contribution is 8.00. The minimum Gasteiger partial charge on any atom is -0.508 e. The van der Waals surface area contributed by atoms with Crippen LogP contribution >= 0.6 is 11.8 Å². The number of aromatic nitrogens is 3. The van der Waals surface area contributed by atoms with E-state index in [1.165, 1.54) is 40.9 Å². The van der Waals surface area contributed by atoms with Crippen LogP contribution in [-0.2, 0) is 20.8 Å². The summed E-state index contributed by atoms with van der Waals surface area (Å²) in [6, 6.07) is 4.19. The average molecular weight is 487 g/mol. The van der Waals surface area contributed by atoms with Crippen molar-refractivity contribution in [3.63, 3.8) is 0 Å². The van der Waals surface area contributed by atoms with Crippen LogP contribution in [0.3, 0.4) is 0 Å². The number of aromatic hydroxyl groups is 1. The van der Waals surface area contributed by atoms with Crippen molar-refractivity contribution >= 4 is 29.5 Å². The molecule has 34 heavy (non-hydrogen) atoms. The lowest BCUT2D eigenvalue weighted by Gasteiger charge is -2.49. The van der Waals surface area contributed by atoms with Gasteiger partial charge in [-0.2, -0.15) is 0 Å². The number of phenols is 1. The van der Waals surface area contributed by atoms with E-state index < -0.39 is 35.2 Å². The first kappa shape index (κ1) is 23.8. The van der Waals surface area contributed by atoms with Crippen molar-refractivity contribution in [2.75, 3.05) is 5.75 Å². The summed E-state index contributed by atoms with van der Waals surface area (Å²) in [6.45, 7) is 3.98. The largest absolute Gasteiger partial charge is 0.508 e. The summed E-state index contributed by atoms with van der Waals surface area (Å²) < 4.78 is 1.74. The number of aliphatic carboxylic acids is 1. The molecular weight excluding hydrogens is 460 g/mol. The van der Waals surface area contributed by atoms with E-state index in [2.05, 4.69) is 15.6 Å². The lowest BCUT2D eigenvalue weighted by atomic mass is 9.99. The van der Waals surface area contributed by atoms with Gasteiger partial charge < -0.3 is 21.3 Å². The van der Waals surface area contributed by atoms with Crippen molar-refractivity contribution in [2.24, 2.45) is 5.73 Å². The predicted octanol–water partition coefficient (Wildman–Crippen LogP) is 0.936. The van der Waals surface area contributed by atoms with Crippen molar-refractivity contribution in [2.45, 2.75) is 50.2 Å². The number of benzene rings is 1. The molecule has 0 radical (unpaired) electrons. The van der Waals surface area contributed by atoms with Gasteiger partial charge in [0.2, 0.25) is 5.91 Å². The molecule has 180 valence electrons. The number of nitrogens with two attached hydrogens (primary N) is 1. The van der Waals surface area contributed by atoms with Crippen molar-refractivity contribution in [3.8, 4) is 5.75 Å². The summed E-state index contributed by atoms with van der Waals surface area (Å²) in [7, 11) is 0. The molecule has 2 amide bonds. The maximum Gasteiger partial charge on any atom is 0.352 e. The van der Waals surface area contributed by atoms with E-state index >= 15 is 0 Å². The Bertz CT molecular complexity index is 1140. The van der Waals surface area contributed by atoms with Gasteiger partial charge in [0.15, 0.2) is 0 Å². The molecule has 0 saturated carbocycles. The highest BCUT2D eigenvalue weighted by atomic mass is 32.2. The first-order chi connectivity index (χ1) is 16.2. The van der Waals surface area contributed by atoms with Gasteiger partial charge in [-0.3, -0.25) is 14.5 Å². The molecule has 0 bridgehead atoms. The Balaban J connectivity index is 1.43. The summed E-state index contributed by atoms with van der Waals surface area (Å²) in [5, 5.41) is 29.6. The third-order valence-corrected chi connectivity index (χ3v) is 7.19. The number of β-lactam (4-membered cyclic amide) rings is 1. The Labute approximate surface area is 200 Å². The second-order valence-electron chi connectivity index (χ2n) is 8.51. The number of nitrogens with zero attached hydrogens (tertiary/aromatic N) is 4. The first-order valence-corrected chi connectivity index (χ1v) is 11.9. The lowest BCUT2D eigenvalue weighted by molar-refractivity contribution is -0.150. The Morgan fingerprint density at radius 2 is 1.97 bits per heavy atom. The summed E-state index contributed by atoms with van der Waals surface area (Å²) in [6.07, 6.45) is 2.78. The van der Waals surface area contributed by atoms with Crippen molar-refractivity contribution in [1.29, 1.82) is 0 Å². The maximum absolute atomic E-state index is 12.8. The summed E-state index contributed by atoms with van der Waals surface area (Å²) in [4.78, 5) is 38.7. The molecular formula is C22H26N6O5S. The lowest BCUT2D eigenvalue weighted by Crippen LogP contribution is -2.71. The molecule has 4 rings (SSSR count). The van der Waals surface area contributed by atoms with Crippen LogP contribution in [0.5, 0.6) is 5.75 Å². The molecule has 12 heteroatoms. The molecule has 2 aliphatic rings.